The molecule has 0 N–H and O–H groups in total. The molecule has 2 aromatic rings. The van der Waals surface area contributed by atoms with Gasteiger partial charge in [0.15, 0.2) is 0 Å². The predicted molar refractivity (Wildman–Crippen MR) is 82.5 cm³/mol. The van der Waals surface area contributed by atoms with Gasteiger partial charge in [0, 0.05) is 22.4 Å². The van der Waals surface area contributed by atoms with Gasteiger partial charge in [-0.2, -0.15) is 27.2 Å². The third-order valence-corrected chi connectivity index (χ3v) is 4.49. The Hall–Kier alpha value is -2.67. The molecule has 3 nitrogen and oxygen atoms in total. The molecule has 0 heterocycles. The van der Waals surface area contributed by atoms with Gasteiger partial charge >= 0.3 is 11.4 Å². The van der Waals surface area contributed by atoms with Crippen molar-refractivity contribution in [3.8, 4) is 17.6 Å². The predicted octanol–water partition coefficient (Wildman–Crippen LogP) is 5.48. The van der Waals surface area contributed by atoms with E-state index in [-0.39, 0.29) is 17.1 Å². The number of thioether (sulfide) groups is 1. The lowest BCUT2D eigenvalue weighted by Gasteiger charge is -2.14. The summed E-state index contributed by atoms with van der Waals surface area (Å²) in [5.74, 6) is -6.81. The van der Waals surface area contributed by atoms with E-state index < -0.39 is 57.2 Å². The smallest absolute Gasteiger partial charge is 0.446 e. The van der Waals surface area contributed by atoms with Crippen LogP contribution in [0.2, 0.25) is 0 Å². The summed E-state index contributed by atoms with van der Waals surface area (Å²) in [7, 11) is 0. The molecule has 0 aliphatic heterocycles. The lowest BCUT2D eigenvalue weighted by Crippen LogP contribution is -2.24. The number of nitrogens with zero attached hydrogens (tertiary/aromatic N) is 1. The summed E-state index contributed by atoms with van der Waals surface area (Å²) in [6.45, 7) is 0. The monoisotopic (exact) mass is 403 g/mol. The number of rotatable bonds is 3. The average Bonchev–Trinajstić information content (AvgIpc) is 2.80. The number of carbonyl (C=O) groups excluding carboxylic acids is 1. The van der Waals surface area contributed by atoms with Crippen molar-refractivity contribution >= 4 is 17.5 Å². The van der Waals surface area contributed by atoms with Gasteiger partial charge in [0.1, 0.15) is 23.4 Å². The van der Waals surface area contributed by atoms with Crippen LogP contribution in [0.1, 0.15) is 21.5 Å². The van der Waals surface area contributed by atoms with Crippen LogP contribution in [0.4, 0.5) is 26.3 Å². The van der Waals surface area contributed by atoms with Gasteiger partial charge < -0.3 is 4.74 Å². The molecule has 0 saturated carbocycles. The fourth-order valence-corrected chi connectivity index (χ4v) is 3.32. The van der Waals surface area contributed by atoms with Gasteiger partial charge in [-0.15, -0.1) is 0 Å². The second kappa shape index (κ2) is 6.49. The number of benzene rings is 2. The number of fused-ring (bicyclic) bond motifs is 1. The highest BCUT2D eigenvalue weighted by Crippen LogP contribution is 2.48. The number of carbonyl (C=O) groups is 1. The Morgan fingerprint density at radius 3 is 2.44 bits per heavy atom. The van der Waals surface area contributed by atoms with Crippen molar-refractivity contribution in [3.63, 3.8) is 0 Å². The van der Waals surface area contributed by atoms with Gasteiger partial charge in [0.2, 0.25) is 5.78 Å². The van der Waals surface area contributed by atoms with Gasteiger partial charge in [-0.25, -0.2) is 4.39 Å². The van der Waals surface area contributed by atoms with E-state index in [1.807, 2.05) is 0 Å². The molecule has 1 aliphatic carbocycles. The first kappa shape index (κ1) is 19.1. The quantitative estimate of drug-likeness (QED) is 0.503. The number of halogens is 6. The largest absolute Gasteiger partial charge is 0.456 e. The number of Topliss-reactive ketones (excluding diaryl/α,β-unsaturated/α-hetero) is 1. The zero-order chi connectivity index (χ0) is 20.0. The molecule has 0 radical (unpaired) electrons. The lowest BCUT2D eigenvalue weighted by atomic mass is 10.1. The van der Waals surface area contributed by atoms with E-state index in [0.717, 1.165) is 30.3 Å². The van der Waals surface area contributed by atoms with Crippen molar-refractivity contribution < 1.29 is 35.9 Å². The van der Waals surface area contributed by atoms with Crippen molar-refractivity contribution in [2.75, 3.05) is 0 Å². The summed E-state index contributed by atoms with van der Waals surface area (Å²) >= 11 is -0.676. The number of ether oxygens (including phenoxy) is 1. The molecule has 1 aliphatic rings. The van der Waals surface area contributed by atoms with Gasteiger partial charge in [-0.1, -0.05) is 0 Å². The summed E-state index contributed by atoms with van der Waals surface area (Å²) in [5.41, 5.74) is -6.18. The van der Waals surface area contributed by atoms with Gasteiger partial charge in [0.25, 0.3) is 0 Å². The molecule has 0 aromatic heterocycles. The molecule has 0 atom stereocenters. The number of hydrogen-bond acceptors (Lipinski definition) is 4. The van der Waals surface area contributed by atoms with Crippen LogP contribution in [0.5, 0.6) is 11.5 Å². The number of ketones is 1. The molecular weight excluding hydrogens is 396 g/mol. The van der Waals surface area contributed by atoms with Crippen molar-refractivity contribution in [2.24, 2.45) is 0 Å². The summed E-state index contributed by atoms with van der Waals surface area (Å²) < 4.78 is 84.3. The second-order valence-electron chi connectivity index (χ2n) is 5.53. The maximum absolute atomic E-state index is 13.9. The molecule has 0 bridgehead atoms. The normalized spacial score (nSPS) is 15.4. The van der Waals surface area contributed by atoms with E-state index in [2.05, 4.69) is 0 Å². The molecule has 3 rings (SSSR count). The Balaban J connectivity index is 2.10. The van der Waals surface area contributed by atoms with E-state index >= 15 is 0 Å². The van der Waals surface area contributed by atoms with Crippen LogP contribution in [0.15, 0.2) is 35.2 Å². The summed E-state index contributed by atoms with van der Waals surface area (Å²) in [5, 5.41) is 9.01. The standard InChI is InChI=1S/C17H7F6NO2S/c18-9-1-2-11(8(5-9)7-24)26-12-3-4-13(27-17(21,22)23)14-10(12)6-16(19,20)15(14)25/h1-5H,6H2. The minimum Gasteiger partial charge on any atom is -0.456 e. The van der Waals surface area contributed by atoms with Crippen LogP contribution < -0.4 is 4.74 Å². The Labute approximate surface area is 152 Å². The van der Waals surface area contributed by atoms with E-state index in [4.69, 9.17) is 10.00 Å². The van der Waals surface area contributed by atoms with Crippen LogP contribution in [0, 0.1) is 17.1 Å². The highest BCUT2D eigenvalue weighted by Gasteiger charge is 2.50. The molecule has 10 heteroatoms. The maximum Gasteiger partial charge on any atom is 0.446 e. The lowest BCUT2D eigenvalue weighted by molar-refractivity contribution is -0.0328. The number of nitriles is 1. The van der Waals surface area contributed by atoms with Crippen LogP contribution in [-0.4, -0.2) is 17.2 Å². The first-order valence-corrected chi connectivity index (χ1v) is 8.05. The van der Waals surface area contributed by atoms with Crippen molar-refractivity contribution in [1.82, 2.24) is 0 Å². The third kappa shape index (κ3) is 3.73. The molecule has 0 amide bonds. The van der Waals surface area contributed by atoms with Gasteiger partial charge in [-0.3, -0.25) is 4.79 Å². The van der Waals surface area contributed by atoms with Crippen LogP contribution in [0.3, 0.4) is 0 Å². The fraction of sp³-hybridized carbons (Fsp3) is 0.176. The van der Waals surface area contributed by atoms with Crippen LogP contribution in [-0.2, 0) is 6.42 Å². The van der Waals surface area contributed by atoms with Crippen LogP contribution in [0.25, 0.3) is 0 Å². The summed E-state index contributed by atoms with van der Waals surface area (Å²) in [4.78, 5) is 11.2. The highest BCUT2D eigenvalue weighted by atomic mass is 32.2. The summed E-state index contributed by atoms with van der Waals surface area (Å²) in [6.07, 6.45) is -1.13. The van der Waals surface area contributed by atoms with E-state index in [1.54, 1.807) is 6.07 Å². The Bertz CT molecular complexity index is 981. The van der Waals surface area contributed by atoms with E-state index in [1.165, 1.54) is 0 Å². The zero-order valence-electron chi connectivity index (χ0n) is 13.0. The number of hydrogen-bond donors (Lipinski definition) is 0. The van der Waals surface area contributed by atoms with Crippen LogP contribution >= 0.6 is 11.8 Å². The maximum atomic E-state index is 13.9. The fourth-order valence-electron chi connectivity index (χ4n) is 2.62. The highest BCUT2D eigenvalue weighted by molar-refractivity contribution is 8.00. The SMILES string of the molecule is N#Cc1cc(F)ccc1Oc1ccc(SC(F)(F)F)c2c1CC(F)(F)C2=O. The minimum absolute atomic E-state index is 0.181. The van der Waals surface area contributed by atoms with Crippen molar-refractivity contribution in [1.29, 1.82) is 5.26 Å². The Morgan fingerprint density at radius 2 is 1.81 bits per heavy atom. The second-order valence-corrected chi connectivity index (χ2v) is 6.63. The molecule has 0 saturated heterocycles. The third-order valence-electron chi connectivity index (χ3n) is 3.70. The minimum atomic E-state index is -4.78. The first-order valence-electron chi connectivity index (χ1n) is 7.23. The molecule has 0 unspecified atom stereocenters. The zero-order valence-corrected chi connectivity index (χ0v) is 13.9. The molecular formula is C17H7F6NO2S. The van der Waals surface area contributed by atoms with Crippen molar-refractivity contribution in [3.05, 3.63) is 52.8 Å². The van der Waals surface area contributed by atoms with Gasteiger partial charge in [-0.05, 0) is 42.1 Å². The Morgan fingerprint density at radius 1 is 1.15 bits per heavy atom. The first-order chi connectivity index (χ1) is 12.5. The van der Waals surface area contributed by atoms with Crippen molar-refractivity contribution in [2.45, 2.75) is 22.7 Å². The van der Waals surface area contributed by atoms with E-state index in [9.17, 15) is 31.1 Å². The van der Waals surface area contributed by atoms with E-state index in [0.29, 0.717) is 0 Å². The Kier molecular flexibility index (Phi) is 4.59. The summed E-state index contributed by atoms with van der Waals surface area (Å²) in [6, 6.07) is 6.40. The molecule has 0 spiro atoms. The molecule has 0 fully saturated rings. The number of alkyl halides is 5. The molecule has 2 aromatic carbocycles. The van der Waals surface area contributed by atoms with Gasteiger partial charge in [0.05, 0.1) is 5.56 Å². The molecule has 27 heavy (non-hydrogen) atoms. The average molecular weight is 403 g/mol. The topological polar surface area (TPSA) is 50.1 Å². The molecule has 140 valence electrons.